The van der Waals surface area contributed by atoms with E-state index in [2.05, 4.69) is 0 Å². The van der Waals surface area contributed by atoms with E-state index in [1.165, 1.54) is 0 Å². The molecule has 0 bridgehead atoms. The van der Waals surface area contributed by atoms with Gasteiger partial charge in [0.25, 0.3) is 0 Å². The third kappa shape index (κ3) is 3.88. The minimum Gasteiger partial charge on any atom is -0.177 e. The van der Waals surface area contributed by atoms with E-state index in [1.54, 1.807) is 11.6 Å². The molecule has 2 N–H and O–H groups in total. The van der Waals surface area contributed by atoms with Gasteiger partial charge in [-0.15, -0.1) is 0 Å². The number of rotatable bonds is 5. The van der Waals surface area contributed by atoms with Crippen LogP contribution in [0.25, 0.3) is 0 Å². The fourth-order valence-electron chi connectivity index (χ4n) is 1.44. The van der Waals surface area contributed by atoms with Crippen LogP contribution in [0, 0.1) is 0 Å². The van der Waals surface area contributed by atoms with Gasteiger partial charge in [0.15, 0.2) is 0 Å². The van der Waals surface area contributed by atoms with Gasteiger partial charge in [0.1, 0.15) is 0 Å². The quantitative estimate of drug-likeness (QED) is 0.679. The molecule has 0 atom stereocenters. The molecule has 0 aromatic heterocycles. The van der Waals surface area contributed by atoms with Crippen LogP contribution in [0.15, 0.2) is 0 Å². The Morgan fingerprint density at radius 2 is 1.54 bits per heavy atom. The summed E-state index contributed by atoms with van der Waals surface area (Å²) in [6.07, 6.45) is 0. The maximum absolute atomic E-state index is 9.69. The first-order chi connectivity index (χ1) is 5.83. The molecule has 0 aliphatic carbocycles. The van der Waals surface area contributed by atoms with Crippen LogP contribution in [0.1, 0.15) is 34.6 Å². The average molecular weight is 210 g/mol. The molecule has 0 unspecified atom stereocenters. The number of hydrogen-bond donors (Lipinski definition) is 2. The lowest BCUT2D eigenvalue weighted by molar-refractivity contribution is 0.142. The summed E-state index contributed by atoms with van der Waals surface area (Å²) >= 11 is 0. The second-order valence-electron chi connectivity index (χ2n) is 3.50. The van der Waals surface area contributed by atoms with Crippen LogP contribution in [-0.2, 0) is 4.52 Å². The van der Waals surface area contributed by atoms with Gasteiger partial charge in [-0.1, -0.05) is 4.67 Å². The molecule has 0 radical (unpaired) electrons. The largest absolute Gasteiger partial charge is 0.499 e. The Morgan fingerprint density at radius 3 is 1.77 bits per heavy atom. The Labute approximate surface area is 81.2 Å². The van der Waals surface area contributed by atoms with Crippen LogP contribution >= 0.6 is 8.09 Å². The first-order valence-electron chi connectivity index (χ1n) is 4.60. The lowest BCUT2D eigenvalue weighted by Gasteiger charge is -2.29. The molecule has 13 heavy (non-hydrogen) atoms. The van der Waals surface area contributed by atoms with Crippen molar-refractivity contribution in [1.29, 1.82) is 0 Å². The number of hydrogen-bond acceptors (Lipinski definition) is 4. The van der Waals surface area contributed by atoms with Crippen LogP contribution in [0.2, 0.25) is 0 Å². The highest BCUT2D eigenvalue weighted by atomic mass is 31.2. The van der Waals surface area contributed by atoms with Crippen molar-refractivity contribution in [3.63, 3.8) is 0 Å². The van der Waals surface area contributed by atoms with Gasteiger partial charge in [-0.05, 0) is 34.6 Å². The summed E-state index contributed by atoms with van der Waals surface area (Å²) in [6, 6.07) is 0.129. The van der Waals surface area contributed by atoms with Crippen molar-refractivity contribution in [3.05, 3.63) is 0 Å². The second kappa shape index (κ2) is 5.23. The first-order valence-corrected chi connectivity index (χ1v) is 6.17. The predicted molar refractivity (Wildman–Crippen MR) is 55.1 cm³/mol. The minimum absolute atomic E-state index is 0.0647. The summed E-state index contributed by atoms with van der Waals surface area (Å²) in [7, 11) is -3.33. The molecule has 0 fully saturated rings. The molecule has 0 rings (SSSR count). The van der Waals surface area contributed by atoms with Crippen LogP contribution < -0.4 is 0 Å². The molecule has 0 aliphatic rings. The van der Waals surface area contributed by atoms with E-state index in [0.717, 1.165) is 0 Å². The standard InChI is InChI=1S/C8H21NO3P/c1-6-12-13(10,11)9(7(2)3)8(4)5/h7-8,10-11H,6H2,1-5H3/q+1. The van der Waals surface area contributed by atoms with Crippen LogP contribution in [0.4, 0.5) is 0 Å². The highest BCUT2D eigenvalue weighted by Crippen LogP contribution is 2.56. The van der Waals surface area contributed by atoms with Crippen molar-refractivity contribution < 1.29 is 14.3 Å². The van der Waals surface area contributed by atoms with Crippen molar-refractivity contribution >= 4 is 8.09 Å². The molecule has 0 saturated heterocycles. The first kappa shape index (κ1) is 13.3. The van der Waals surface area contributed by atoms with Crippen molar-refractivity contribution in [1.82, 2.24) is 4.67 Å². The fourth-order valence-corrected chi connectivity index (χ4v) is 3.12. The normalized spacial score (nSPS) is 13.4. The van der Waals surface area contributed by atoms with E-state index in [1.807, 2.05) is 27.7 Å². The molecule has 0 aliphatic heterocycles. The molecule has 0 aromatic rings. The molecule has 0 spiro atoms. The summed E-state index contributed by atoms with van der Waals surface area (Å²) in [6.45, 7) is 9.73. The smallest absolute Gasteiger partial charge is 0.177 e. The highest BCUT2D eigenvalue weighted by molar-refractivity contribution is 7.57. The minimum atomic E-state index is -3.33. The lowest BCUT2D eigenvalue weighted by atomic mass is 10.3. The van der Waals surface area contributed by atoms with Crippen molar-refractivity contribution in [2.24, 2.45) is 0 Å². The predicted octanol–water partition coefficient (Wildman–Crippen LogP) is 1.80. The lowest BCUT2D eigenvalue weighted by Crippen LogP contribution is -2.37. The second-order valence-corrected chi connectivity index (χ2v) is 5.25. The van der Waals surface area contributed by atoms with Crippen molar-refractivity contribution in [2.45, 2.75) is 46.7 Å². The van der Waals surface area contributed by atoms with E-state index in [0.29, 0.717) is 6.61 Å². The molecular weight excluding hydrogens is 189 g/mol. The van der Waals surface area contributed by atoms with Crippen molar-refractivity contribution in [2.75, 3.05) is 6.61 Å². The zero-order chi connectivity index (χ0) is 10.6. The summed E-state index contributed by atoms with van der Waals surface area (Å²) in [5.74, 6) is 0. The Kier molecular flexibility index (Phi) is 5.33. The molecule has 0 amide bonds. The zero-order valence-corrected chi connectivity index (χ0v) is 9.95. The molecule has 0 heterocycles. The Balaban J connectivity index is 4.52. The monoisotopic (exact) mass is 210 g/mol. The van der Waals surface area contributed by atoms with Gasteiger partial charge in [0, 0.05) is 12.1 Å². The molecule has 0 saturated carbocycles. The third-order valence-corrected chi connectivity index (χ3v) is 3.79. The van der Waals surface area contributed by atoms with E-state index in [9.17, 15) is 9.79 Å². The van der Waals surface area contributed by atoms with Gasteiger partial charge >= 0.3 is 8.09 Å². The van der Waals surface area contributed by atoms with E-state index in [-0.39, 0.29) is 12.1 Å². The van der Waals surface area contributed by atoms with Gasteiger partial charge in [0.2, 0.25) is 0 Å². The third-order valence-electron chi connectivity index (χ3n) is 1.66. The Bertz CT molecular complexity index is 142. The highest BCUT2D eigenvalue weighted by Gasteiger charge is 2.48. The van der Waals surface area contributed by atoms with Crippen LogP contribution in [0.3, 0.4) is 0 Å². The van der Waals surface area contributed by atoms with Gasteiger partial charge in [0.05, 0.1) is 6.61 Å². The zero-order valence-electron chi connectivity index (χ0n) is 9.06. The van der Waals surface area contributed by atoms with Crippen molar-refractivity contribution in [3.8, 4) is 0 Å². The van der Waals surface area contributed by atoms with Gasteiger partial charge in [-0.2, -0.15) is 14.3 Å². The van der Waals surface area contributed by atoms with Gasteiger partial charge in [-0.3, -0.25) is 0 Å². The van der Waals surface area contributed by atoms with Gasteiger partial charge in [-0.25, -0.2) is 0 Å². The Hall–Kier alpha value is 0.270. The summed E-state index contributed by atoms with van der Waals surface area (Å²) < 4.78 is 6.57. The van der Waals surface area contributed by atoms with Gasteiger partial charge < -0.3 is 0 Å². The molecule has 0 aromatic carbocycles. The summed E-state index contributed by atoms with van der Waals surface area (Å²) in [5.41, 5.74) is 0. The number of nitrogens with zero attached hydrogens (tertiary/aromatic N) is 1. The fraction of sp³-hybridized carbons (Fsp3) is 1.00. The van der Waals surface area contributed by atoms with E-state index < -0.39 is 8.09 Å². The summed E-state index contributed by atoms with van der Waals surface area (Å²) in [5, 5.41) is 0. The SMILES string of the molecule is CCO[P+](O)(O)N(C(C)C)C(C)C. The van der Waals surface area contributed by atoms with Crippen LogP contribution in [-0.4, -0.2) is 33.1 Å². The maximum atomic E-state index is 9.69. The molecule has 4 nitrogen and oxygen atoms in total. The molecule has 5 heteroatoms. The molecule has 80 valence electrons. The summed E-state index contributed by atoms with van der Waals surface area (Å²) in [4.78, 5) is 19.4. The topological polar surface area (TPSA) is 52.9 Å². The van der Waals surface area contributed by atoms with E-state index in [4.69, 9.17) is 4.52 Å². The average Bonchev–Trinajstić information content (AvgIpc) is 1.82. The van der Waals surface area contributed by atoms with Crippen LogP contribution in [0.5, 0.6) is 0 Å². The molecular formula is C8H21NO3P+. The maximum Gasteiger partial charge on any atom is 0.499 e. The van der Waals surface area contributed by atoms with E-state index >= 15 is 0 Å². The Morgan fingerprint density at radius 1 is 1.15 bits per heavy atom.